The van der Waals surface area contributed by atoms with E-state index in [0.717, 1.165) is 12.7 Å². The van der Waals surface area contributed by atoms with E-state index in [1.165, 1.54) is 115 Å². The summed E-state index contributed by atoms with van der Waals surface area (Å²) in [5, 5.41) is 4.57. The minimum absolute atomic E-state index is 0.764. The van der Waals surface area contributed by atoms with Crippen LogP contribution in [0.4, 0.5) is 0 Å². The molecule has 1 aliphatic carbocycles. The molecule has 24 heavy (non-hydrogen) atoms. The van der Waals surface area contributed by atoms with Gasteiger partial charge in [-0.2, -0.15) is 5.10 Å². The van der Waals surface area contributed by atoms with Crippen LogP contribution in [0, 0.1) is 0 Å². The van der Waals surface area contributed by atoms with E-state index in [0.29, 0.717) is 0 Å². The predicted molar refractivity (Wildman–Crippen MR) is 105 cm³/mol. The number of amidine groups is 1. The van der Waals surface area contributed by atoms with Crippen LogP contribution in [0.1, 0.15) is 116 Å². The molecular weight excluding hydrogens is 294 g/mol. The Morgan fingerprint density at radius 3 is 2.04 bits per heavy atom. The van der Waals surface area contributed by atoms with Crippen molar-refractivity contribution in [2.45, 2.75) is 122 Å². The normalized spacial score (nSPS) is 18.7. The smallest absolute Gasteiger partial charge is 0.126 e. The number of nitrogens with zero attached hydrogens (tertiary/aromatic N) is 2. The van der Waals surface area contributed by atoms with Crippen molar-refractivity contribution in [3.05, 3.63) is 0 Å². The molecule has 2 rings (SSSR count). The second-order valence-corrected chi connectivity index (χ2v) is 7.89. The van der Waals surface area contributed by atoms with Crippen molar-refractivity contribution >= 4 is 5.84 Å². The summed E-state index contributed by atoms with van der Waals surface area (Å²) in [5.41, 5.74) is 3.22. The molecule has 0 saturated heterocycles. The van der Waals surface area contributed by atoms with E-state index in [4.69, 9.17) is 0 Å². The summed E-state index contributed by atoms with van der Waals surface area (Å²) in [7, 11) is 0. The maximum Gasteiger partial charge on any atom is 0.126 e. The molecule has 3 nitrogen and oxygen atoms in total. The highest BCUT2D eigenvalue weighted by Gasteiger charge is 2.26. The van der Waals surface area contributed by atoms with Gasteiger partial charge in [-0.05, 0) is 19.3 Å². The van der Waals surface area contributed by atoms with E-state index >= 15 is 0 Å². The van der Waals surface area contributed by atoms with Gasteiger partial charge in [0.2, 0.25) is 0 Å². The van der Waals surface area contributed by atoms with Crippen molar-refractivity contribution in [2.75, 3.05) is 6.67 Å². The minimum Gasteiger partial charge on any atom is -0.337 e. The Morgan fingerprint density at radius 2 is 1.42 bits per heavy atom. The standard InChI is InChI=1S/C21H41N3/c1-2-3-4-5-6-7-8-9-10-11-15-18-21-23-22-19-24(21)20-16-13-12-14-17-20/h20,22H,2-19H2,1H3. The van der Waals surface area contributed by atoms with Gasteiger partial charge in [0.1, 0.15) is 12.5 Å². The Balaban J connectivity index is 1.44. The van der Waals surface area contributed by atoms with E-state index < -0.39 is 0 Å². The summed E-state index contributed by atoms with van der Waals surface area (Å²) in [6, 6.07) is 0.764. The molecule has 0 aromatic rings. The molecule has 0 aromatic heterocycles. The number of hydrogen-bond donors (Lipinski definition) is 1. The van der Waals surface area contributed by atoms with Crippen molar-refractivity contribution in [2.24, 2.45) is 5.10 Å². The van der Waals surface area contributed by atoms with Gasteiger partial charge < -0.3 is 4.90 Å². The Morgan fingerprint density at radius 1 is 0.833 bits per heavy atom. The van der Waals surface area contributed by atoms with Gasteiger partial charge in [0, 0.05) is 12.5 Å². The molecule has 1 N–H and O–H groups in total. The van der Waals surface area contributed by atoms with Crippen LogP contribution in [-0.4, -0.2) is 23.4 Å². The van der Waals surface area contributed by atoms with E-state index in [1.807, 2.05) is 0 Å². The van der Waals surface area contributed by atoms with Crippen molar-refractivity contribution in [1.82, 2.24) is 10.3 Å². The van der Waals surface area contributed by atoms with Gasteiger partial charge in [-0.25, -0.2) is 0 Å². The Bertz CT molecular complexity index is 334. The lowest BCUT2D eigenvalue weighted by Gasteiger charge is -2.32. The van der Waals surface area contributed by atoms with Gasteiger partial charge in [0.25, 0.3) is 0 Å². The van der Waals surface area contributed by atoms with Crippen molar-refractivity contribution in [1.29, 1.82) is 0 Å². The Kier molecular flexibility index (Phi) is 10.3. The molecule has 0 unspecified atom stereocenters. The number of rotatable bonds is 13. The van der Waals surface area contributed by atoms with Gasteiger partial charge in [0.15, 0.2) is 0 Å². The van der Waals surface area contributed by atoms with Gasteiger partial charge in [-0.3, -0.25) is 5.43 Å². The lowest BCUT2D eigenvalue weighted by molar-refractivity contribution is 0.245. The number of hydrazone groups is 1. The van der Waals surface area contributed by atoms with Crippen LogP contribution in [0.5, 0.6) is 0 Å². The summed E-state index contributed by atoms with van der Waals surface area (Å²) in [6.07, 6.45) is 23.8. The van der Waals surface area contributed by atoms with Crippen LogP contribution < -0.4 is 5.43 Å². The van der Waals surface area contributed by atoms with Crippen molar-refractivity contribution in [3.63, 3.8) is 0 Å². The fraction of sp³-hybridized carbons (Fsp3) is 0.952. The third-order valence-electron chi connectivity index (χ3n) is 5.80. The molecule has 1 heterocycles. The minimum atomic E-state index is 0.764. The second-order valence-electron chi connectivity index (χ2n) is 7.89. The highest BCUT2D eigenvalue weighted by Crippen LogP contribution is 2.24. The van der Waals surface area contributed by atoms with Crippen LogP contribution in [0.25, 0.3) is 0 Å². The summed E-state index contributed by atoms with van der Waals surface area (Å²) in [6.45, 7) is 3.25. The molecule has 1 aliphatic heterocycles. The largest absolute Gasteiger partial charge is 0.337 e. The summed E-state index contributed by atoms with van der Waals surface area (Å²) >= 11 is 0. The van der Waals surface area contributed by atoms with E-state index in [9.17, 15) is 0 Å². The van der Waals surface area contributed by atoms with Crippen LogP contribution in [0.3, 0.4) is 0 Å². The topological polar surface area (TPSA) is 27.6 Å². The van der Waals surface area contributed by atoms with E-state index in [1.54, 1.807) is 0 Å². The quantitative estimate of drug-likeness (QED) is 0.406. The van der Waals surface area contributed by atoms with E-state index in [2.05, 4.69) is 22.4 Å². The highest BCUT2D eigenvalue weighted by molar-refractivity contribution is 5.83. The molecule has 1 saturated carbocycles. The van der Waals surface area contributed by atoms with Gasteiger partial charge in [-0.1, -0.05) is 90.4 Å². The zero-order valence-corrected chi connectivity index (χ0v) is 16.2. The molecule has 0 aromatic carbocycles. The number of unbranched alkanes of at least 4 members (excludes halogenated alkanes) is 10. The molecule has 1 fully saturated rings. The molecule has 2 aliphatic rings. The first-order valence-electron chi connectivity index (χ1n) is 11.0. The van der Waals surface area contributed by atoms with Crippen LogP contribution in [-0.2, 0) is 0 Å². The fourth-order valence-electron chi connectivity index (χ4n) is 4.24. The number of hydrogen-bond acceptors (Lipinski definition) is 3. The van der Waals surface area contributed by atoms with Crippen LogP contribution >= 0.6 is 0 Å². The molecule has 3 heteroatoms. The first kappa shape index (κ1) is 19.6. The first-order chi connectivity index (χ1) is 11.9. The SMILES string of the molecule is CCCCCCCCCCCCCC1=NNCN1C1CCCCC1. The maximum absolute atomic E-state index is 4.57. The average Bonchev–Trinajstić information content (AvgIpc) is 3.09. The predicted octanol–water partition coefficient (Wildman–Crippen LogP) is 6.20. The van der Waals surface area contributed by atoms with Crippen LogP contribution in [0.15, 0.2) is 5.10 Å². The fourth-order valence-corrected chi connectivity index (χ4v) is 4.24. The lowest BCUT2D eigenvalue weighted by Crippen LogP contribution is -2.40. The molecule has 0 atom stereocenters. The number of nitrogens with one attached hydrogen (secondary N) is 1. The van der Waals surface area contributed by atoms with Gasteiger partial charge in [0.05, 0.1) is 0 Å². The molecule has 140 valence electrons. The summed E-state index contributed by atoms with van der Waals surface area (Å²) in [4.78, 5) is 2.56. The van der Waals surface area contributed by atoms with Gasteiger partial charge >= 0.3 is 0 Å². The second kappa shape index (κ2) is 12.6. The van der Waals surface area contributed by atoms with Crippen LogP contribution in [0.2, 0.25) is 0 Å². The summed E-state index contributed by atoms with van der Waals surface area (Å²) in [5.74, 6) is 1.35. The van der Waals surface area contributed by atoms with Gasteiger partial charge in [-0.15, -0.1) is 0 Å². The molecule has 0 bridgehead atoms. The highest BCUT2D eigenvalue weighted by atomic mass is 15.5. The maximum atomic E-state index is 4.57. The molecule has 0 spiro atoms. The monoisotopic (exact) mass is 335 g/mol. The third kappa shape index (κ3) is 7.44. The first-order valence-corrected chi connectivity index (χ1v) is 11.0. The zero-order valence-electron chi connectivity index (χ0n) is 16.2. The van der Waals surface area contributed by atoms with Crippen molar-refractivity contribution in [3.8, 4) is 0 Å². The Labute approximate surface area is 150 Å². The van der Waals surface area contributed by atoms with E-state index in [-0.39, 0.29) is 0 Å². The molecule has 0 amide bonds. The zero-order chi connectivity index (χ0) is 16.9. The lowest BCUT2D eigenvalue weighted by atomic mass is 9.94. The van der Waals surface area contributed by atoms with Crippen molar-refractivity contribution < 1.29 is 0 Å². The molecule has 0 radical (unpaired) electrons. The average molecular weight is 336 g/mol. The molecular formula is C21H41N3. The Hall–Kier alpha value is -0.730. The third-order valence-corrected chi connectivity index (χ3v) is 5.80. The summed E-state index contributed by atoms with van der Waals surface area (Å²) < 4.78 is 0.